The first-order valence-electron chi connectivity index (χ1n) is 7.09. The molecule has 1 amide bonds. The SMILES string of the molecule is O=C(Nc1nc(-c2cccc(F)c2)cs1)c1ccccc1OC(F)F. The molecule has 2 aromatic carbocycles. The molecule has 3 aromatic rings. The molecule has 0 atom stereocenters. The second-order valence-corrected chi connectivity index (χ2v) is 5.74. The number of para-hydroxylation sites is 1. The number of carbonyl (C=O) groups excluding carboxylic acids is 1. The van der Waals surface area contributed by atoms with Gasteiger partial charge in [-0.3, -0.25) is 10.1 Å². The van der Waals surface area contributed by atoms with Crippen LogP contribution in [0.4, 0.5) is 18.3 Å². The van der Waals surface area contributed by atoms with Crippen molar-refractivity contribution in [1.82, 2.24) is 4.98 Å². The number of thiazole rings is 1. The molecule has 1 N–H and O–H groups in total. The summed E-state index contributed by atoms with van der Waals surface area (Å²) in [7, 11) is 0. The summed E-state index contributed by atoms with van der Waals surface area (Å²) in [6, 6.07) is 11.6. The number of anilines is 1. The van der Waals surface area contributed by atoms with Crippen molar-refractivity contribution < 1.29 is 22.7 Å². The quantitative estimate of drug-likeness (QED) is 0.707. The molecule has 0 unspecified atom stereocenters. The summed E-state index contributed by atoms with van der Waals surface area (Å²) in [5, 5.41) is 4.45. The molecule has 0 spiro atoms. The highest BCUT2D eigenvalue weighted by atomic mass is 32.1. The van der Waals surface area contributed by atoms with Crippen LogP contribution in [0.5, 0.6) is 5.75 Å². The average molecular weight is 364 g/mol. The first-order valence-corrected chi connectivity index (χ1v) is 7.97. The van der Waals surface area contributed by atoms with Gasteiger partial charge in [0.2, 0.25) is 0 Å². The molecule has 0 aliphatic rings. The van der Waals surface area contributed by atoms with E-state index >= 15 is 0 Å². The van der Waals surface area contributed by atoms with Gasteiger partial charge < -0.3 is 4.74 Å². The highest BCUT2D eigenvalue weighted by Crippen LogP contribution is 2.27. The first kappa shape index (κ1) is 17.0. The highest BCUT2D eigenvalue weighted by Gasteiger charge is 2.16. The predicted molar refractivity (Wildman–Crippen MR) is 88.5 cm³/mol. The molecule has 1 aromatic heterocycles. The number of rotatable bonds is 5. The summed E-state index contributed by atoms with van der Waals surface area (Å²) < 4.78 is 42.4. The molecular weight excluding hydrogens is 353 g/mol. The Bertz CT molecular complexity index is 899. The number of nitrogens with zero attached hydrogens (tertiary/aromatic N) is 1. The largest absolute Gasteiger partial charge is 0.434 e. The van der Waals surface area contributed by atoms with Crippen LogP contribution in [0.15, 0.2) is 53.9 Å². The number of hydrogen-bond acceptors (Lipinski definition) is 4. The fourth-order valence-corrected chi connectivity index (χ4v) is 2.84. The standard InChI is InChI=1S/C17H11F3N2O2S/c18-11-5-3-4-10(8-11)13-9-25-17(21-13)22-15(23)12-6-1-2-7-14(12)24-16(19)20/h1-9,16H,(H,21,22,23). The zero-order valence-corrected chi connectivity index (χ0v) is 13.4. The van der Waals surface area contributed by atoms with Gasteiger partial charge in [-0.1, -0.05) is 24.3 Å². The highest BCUT2D eigenvalue weighted by molar-refractivity contribution is 7.14. The molecule has 8 heteroatoms. The Morgan fingerprint density at radius 3 is 2.72 bits per heavy atom. The van der Waals surface area contributed by atoms with Gasteiger partial charge in [0, 0.05) is 10.9 Å². The van der Waals surface area contributed by atoms with Crippen LogP contribution in [0, 0.1) is 5.82 Å². The maximum absolute atomic E-state index is 13.3. The number of hydrogen-bond donors (Lipinski definition) is 1. The third-order valence-corrected chi connectivity index (χ3v) is 3.95. The van der Waals surface area contributed by atoms with E-state index in [1.807, 2.05) is 0 Å². The van der Waals surface area contributed by atoms with Crippen LogP contribution >= 0.6 is 11.3 Å². The van der Waals surface area contributed by atoms with Crippen LogP contribution in [0.2, 0.25) is 0 Å². The van der Waals surface area contributed by atoms with Gasteiger partial charge in [-0.15, -0.1) is 11.3 Å². The number of ether oxygens (including phenoxy) is 1. The summed E-state index contributed by atoms with van der Waals surface area (Å²) in [4.78, 5) is 16.5. The molecule has 0 saturated carbocycles. The normalized spacial score (nSPS) is 10.7. The third-order valence-electron chi connectivity index (χ3n) is 3.19. The Morgan fingerprint density at radius 1 is 1.16 bits per heavy atom. The summed E-state index contributed by atoms with van der Waals surface area (Å²) in [6.07, 6.45) is 0. The number of amides is 1. The van der Waals surface area contributed by atoms with E-state index in [-0.39, 0.29) is 16.4 Å². The van der Waals surface area contributed by atoms with Crippen LogP contribution in [0.1, 0.15) is 10.4 Å². The molecule has 0 saturated heterocycles. The maximum Gasteiger partial charge on any atom is 0.387 e. The van der Waals surface area contributed by atoms with Gasteiger partial charge in [-0.25, -0.2) is 9.37 Å². The Labute approximate surface area is 144 Å². The monoisotopic (exact) mass is 364 g/mol. The smallest absolute Gasteiger partial charge is 0.387 e. The molecule has 1 heterocycles. The lowest BCUT2D eigenvalue weighted by molar-refractivity contribution is -0.0501. The van der Waals surface area contributed by atoms with Crippen molar-refractivity contribution in [3.05, 3.63) is 65.3 Å². The van der Waals surface area contributed by atoms with Crippen molar-refractivity contribution >= 4 is 22.4 Å². The third kappa shape index (κ3) is 4.16. The fourth-order valence-electron chi connectivity index (χ4n) is 2.13. The van der Waals surface area contributed by atoms with Crippen LogP contribution in [-0.4, -0.2) is 17.5 Å². The van der Waals surface area contributed by atoms with E-state index < -0.39 is 18.3 Å². The number of halogens is 3. The Balaban J connectivity index is 1.79. The first-order chi connectivity index (χ1) is 12.0. The minimum atomic E-state index is -3.03. The molecular formula is C17H11F3N2O2S. The van der Waals surface area contributed by atoms with Gasteiger partial charge in [0.05, 0.1) is 11.3 Å². The summed E-state index contributed by atoms with van der Waals surface area (Å²) in [6.45, 7) is -3.03. The summed E-state index contributed by atoms with van der Waals surface area (Å²) in [5.74, 6) is -1.25. The van der Waals surface area contributed by atoms with E-state index in [0.717, 1.165) is 11.3 Å². The van der Waals surface area contributed by atoms with Crippen molar-refractivity contribution in [3.63, 3.8) is 0 Å². The fraction of sp³-hybridized carbons (Fsp3) is 0.0588. The van der Waals surface area contributed by atoms with E-state index in [2.05, 4.69) is 15.0 Å². The number of aromatic nitrogens is 1. The topological polar surface area (TPSA) is 51.2 Å². The van der Waals surface area contributed by atoms with Gasteiger partial charge in [0.1, 0.15) is 11.6 Å². The van der Waals surface area contributed by atoms with Crippen LogP contribution in [-0.2, 0) is 0 Å². The molecule has 3 rings (SSSR count). The predicted octanol–water partition coefficient (Wildman–Crippen LogP) is 4.80. The molecule has 128 valence electrons. The van der Waals surface area contributed by atoms with E-state index in [9.17, 15) is 18.0 Å². The molecule has 0 aliphatic heterocycles. The van der Waals surface area contributed by atoms with E-state index in [1.54, 1.807) is 17.5 Å². The van der Waals surface area contributed by atoms with E-state index in [1.165, 1.54) is 36.4 Å². The molecule has 0 radical (unpaired) electrons. The van der Waals surface area contributed by atoms with Crippen molar-refractivity contribution in [2.24, 2.45) is 0 Å². The van der Waals surface area contributed by atoms with Crippen LogP contribution in [0.25, 0.3) is 11.3 Å². The van der Waals surface area contributed by atoms with Crippen molar-refractivity contribution in [3.8, 4) is 17.0 Å². The number of carbonyl (C=O) groups is 1. The van der Waals surface area contributed by atoms with Gasteiger partial charge in [-0.2, -0.15) is 8.78 Å². The number of nitrogens with one attached hydrogen (secondary N) is 1. The number of alkyl halides is 2. The summed E-state index contributed by atoms with van der Waals surface area (Å²) >= 11 is 1.14. The lowest BCUT2D eigenvalue weighted by Crippen LogP contribution is -2.14. The number of benzene rings is 2. The Kier molecular flexibility index (Phi) is 4.99. The zero-order valence-electron chi connectivity index (χ0n) is 12.6. The molecule has 0 bridgehead atoms. The van der Waals surface area contributed by atoms with E-state index in [4.69, 9.17) is 0 Å². The lowest BCUT2D eigenvalue weighted by Gasteiger charge is -2.09. The minimum Gasteiger partial charge on any atom is -0.434 e. The average Bonchev–Trinajstić information content (AvgIpc) is 3.03. The van der Waals surface area contributed by atoms with E-state index in [0.29, 0.717) is 11.3 Å². The zero-order chi connectivity index (χ0) is 17.8. The van der Waals surface area contributed by atoms with Gasteiger partial charge in [-0.05, 0) is 24.3 Å². The second-order valence-electron chi connectivity index (χ2n) is 4.88. The molecule has 0 fully saturated rings. The lowest BCUT2D eigenvalue weighted by atomic mass is 10.2. The van der Waals surface area contributed by atoms with Crippen LogP contribution in [0.3, 0.4) is 0 Å². The van der Waals surface area contributed by atoms with Gasteiger partial charge in [0.15, 0.2) is 5.13 Å². The van der Waals surface area contributed by atoms with Gasteiger partial charge in [0.25, 0.3) is 5.91 Å². The molecule has 4 nitrogen and oxygen atoms in total. The van der Waals surface area contributed by atoms with Crippen molar-refractivity contribution in [2.45, 2.75) is 6.61 Å². The Hall–Kier alpha value is -2.87. The molecule has 0 aliphatic carbocycles. The maximum atomic E-state index is 13.3. The van der Waals surface area contributed by atoms with Crippen molar-refractivity contribution in [2.75, 3.05) is 5.32 Å². The minimum absolute atomic E-state index is 0.0368. The Morgan fingerprint density at radius 2 is 1.96 bits per heavy atom. The second kappa shape index (κ2) is 7.35. The van der Waals surface area contributed by atoms with Crippen LogP contribution < -0.4 is 10.1 Å². The van der Waals surface area contributed by atoms with Crippen molar-refractivity contribution in [1.29, 1.82) is 0 Å². The molecule has 25 heavy (non-hydrogen) atoms. The van der Waals surface area contributed by atoms with Gasteiger partial charge >= 0.3 is 6.61 Å². The summed E-state index contributed by atoms with van der Waals surface area (Å²) in [5.41, 5.74) is 1.03.